The fraction of sp³-hybridized carbons (Fsp3) is 0.400. The van der Waals surface area contributed by atoms with Crippen molar-refractivity contribution in [1.82, 2.24) is 5.48 Å². The number of benzene rings is 1. The molecule has 0 unspecified atom stereocenters. The van der Waals surface area contributed by atoms with E-state index in [1.165, 1.54) is 0 Å². The van der Waals surface area contributed by atoms with Crippen molar-refractivity contribution in [2.45, 2.75) is 6.92 Å². The van der Waals surface area contributed by atoms with Crippen LogP contribution in [0.15, 0.2) is 12.1 Å². The Balaban J connectivity index is 2.47. The lowest BCUT2D eigenvalue weighted by Crippen LogP contribution is -2.21. The van der Waals surface area contributed by atoms with Crippen molar-refractivity contribution in [3.63, 3.8) is 0 Å². The highest BCUT2D eigenvalue weighted by Gasteiger charge is 2.08. The molecule has 90 valence electrons. The van der Waals surface area contributed by atoms with E-state index >= 15 is 0 Å². The molecule has 0 aliphatic heterocycles. The molecule has 6 heteroatoms. The molecular formula is C10H12Cl3NO2. The van der Waals surface area contributed by atoms with E-state index in [1.807, 2.05) is 6.92 Å². The third-order valence-electron chi connectivity index (χ3n) is 1.66. The molecule has 0 aliphatic rings. The van der Waals surface area contributed by atoms with Crippen LogP contribution in [-0.4, -0.2) is 19.8 Å². The number of nitrogens with one attached hydrogen (secondary N) is 1. The van der Waals surface area contributed by atoms with Gasteiger partial charge in [0.15, 0.2) is 5.75 Å². The molecular weight excluding hydrogens is 272 g/mol. The van der Waals surface area contributed by atoms with Gasteiger partial charge in [0.05, 0.1) is 23.2 Å². The van der Waals surface area contributed by atoms with E-state index in [1.54, 1.807) is 12.1 Å². The molecule has 0 saturated carbocycles. The molecule has 1 aromatic carbocycles. The molecule has 1 N–H and O–H groups in total. The Morgan fingerprint density at radius 2 is 1.81 bits per heavy atom. The van der Waals surface area contributed by atoms with Gasteiger partial charge in [-0.1, -0.05) is 34.8 Å². The van der Waals surface area contributed by atoms with Gasteiger partial charge in [-0.2, -0.15) is 5.48 Å². The summed E-state index contributed by atoms with van der Waals surface area (Å²) in [4.78, 5) is 4.93. The molecule has 0 bridgehead atoms. The summed E-state index contributed by atoms with van der Waals surface area (Å²) in [6, 6.07) is 3.17. The van der Waals surface area contributed by atoms with Crippen molar-refractivity contribution in [2.75, 3.05) is 19.8 Å². The van der Waals surface area contributed by atoms with E-state index in [4.69, 9.17) is 44.4 Å². The Morgan fingerprint density at radius 3 is 2.38 bits per heavy atom. The summed E-state index contributed by atoms with van der Waals surface area (Å²) < 4.78 is 5.40. The first-order valence-electron chi connectivity index (χ1n) is 4.77. The third-order valence-corrected chi connectivity index (χ3v) is 2.44. The van der Waals surface area contributed by atoms with Gasteiger partial charge in [-0.15, -0.1) is 0 Å². The molecule has 0 amide bonds. The van der Waals surface area contributed by atoms with E-state index < -0.39 is 0 Å². The fourth-order valence-corrected chi connectivity index (χ4v) is 1.96. The maximum Gasteiger partial charge on any atom is 0.156 e. The highest BCUT2D eigenvalue weighted by atomic mass is 35.5. The predicted octanol–water partition coefficient (Wildman–Crippen LogP) is 3.57. The van der Waals surface area contributed by atoms with Crippen LogP contribution in [-0.2, 0) is 4.84 Å². The van der Waals surface area contributed by atoms with Gasteiger partial charge in [0, 0.05) is 5.02 Å². The molecule has 0 saturated heterocycles. The second kappa shape index (κ2) is 7.20. The maximum atomic E-state index is 5.93. The van der Waals surface area contributed by atoms with Gasteiger partial charge in [0.2, 0.25) is 0 Å². The molecule has 0 aliphatic carbocycles. The van der Waals surface area contributed by atoms with Crippen molar-refractivity contribution >= 4 is 34.8 Å². The highest BCUT2D eigenvalue weighted by molar-refractivity contribution is 6.40. The Morgan fingerprint density at radius 1 is 1.19 bits per heavy atom. The SMILES string of the molecule is CCONCCOc1c(Cl)cc(Cl)cc1Cl. The van der Waals surface area contributed by atoms with Crippen molar-refractivity contribution in [3.05, 3.63) is 27.2 Å². The molecule has 0 spiro atoms. The standard InChI is InChI=1S/C10H12Cl3NO2/c1-2-16-14-3-4-15-10-8(12)5-7(11)6-9(10)13/h5-6,14H,2-4H2,1H3. The minimum atomic E-state index is 0.397. The van der Waals surface area contributed by atoms with Gasteiger partial charge in [-0.05, 0) is 19.1 Å². The van der Waals surface area contributed by atoms with E-state index in [0.29, 0.717) is 40.6 Å². The Hall–Kier alpha value is -0.190. The van der Waals surface area contributed by atoms with Crippen LogP contribution in [0.3, 0.4) is 0 Å². The smallest absolute Gasteiger partial charge is 0.156 e. The summed E-state index contributed by atoms with van der Waals surface area (Å²) in [7, 11) is 0. The quantitative estimate of drug-likeness (QED) is 0.640. The van der Waals surface area contributed by atoms with Gasteiger partial charge in [-0.25, -0.2) is 0 Å². The minimum Gasteiger partial charge on any atom is -0.489 e. The monoisotopic (exact) mass is 283 g/mol. The fourth-order valence-electron chi connectivity index (χ4n) is 1.04. The normalized spacial score (nSPS) is 10.5. The summed E-state index contributed by atoms with van der Waals surface area (Å²) in [6.45, 7) is 3.44. The molecule has 0 atom stereocenters. The minimum absolute atomic E-state index is 0.397. The van der Waals surface area contributed by atoms with Gasteiger partial charge in [0.1, 0.15) is 6.61 Å². The number of hydrogen-bond donors (Lipinski definition) is 1. The van der Waals surface area contributed by atoms with E-state index in [9.17, 15) is 0 Å². The van der Waals surface area contributed by atoms with Crippen molar-refractivity contribution in [3.8, 4) is 5.75 Å². The lowest BCUT2D eigenvalue weighted by Gasteiger charge is -2.10. The number of halogens is 3. The van der Waals surface area contributed by atoms with Crippen LogP contribution < -0.4 is 10.2 Å². The Labute approximate surface area is 110 Å². The summed E-state index contributed by atoms with van der Waals surface area (Å²) in [5.41, 5.74) is 2.72. The Bertz CT molecular complexity index is 324. The molecule has 3 nitrogen and oxygen atoms in total. The molecule has 1 aromatic rings. The third kappa shape index (κ3) is 4.36. The van der Waals surface area contributed by atoms with Crippen molar-refractivity contribution in [2.24, 2.45) is 0 Å². The van der Waals surface area contributed by atoms with E-state index in [2.05, 4.69) is 5.48 Å². The van der Waals surface area contributed by atoms with Gasteiger partial charge in [0.25, 0.3) is 0 Å². The van der Waals surface area contributed by atoms with Gasteiger partial charge < -0.3 is 9.57 Å². The summed E-state index contributed by atoms with van der Waals surface area (Å²) in [6.07, 6.45) is 0. The second-order valence-electron chi connectivity index (χ2n) is 2.87. The van der Waals surface area contributed by atoms with E-state index in [0.717, 1.165) is 0 Å². The number of hydroxylamine groups is 1. The maximum absolute atomic E-state index is 5.93. The largest absolute Gasteiger partial charge is 0.489 e. The van der Waals surface area contributed by atoms with Crippen LogP contribution in [0.25, 0.3) is 0 Å². The molecule has 0 aromatic heterocycles. The molecule has 0 heterocycles. The lowest BCUT2D eigenvalue weighted by molar-refractivity contribution is 0.0433. The van der Waals surface area contributed by atoms with Crippen molar-refractivity contribution in [1.29, 1.82) is 0 Å². The molecule has 16 heavy (non-hydrogen) atoms. The van der Waals surface area contributed by atoms with Crippen LogP contribution in [0.4, 0.5) is 0 Å². The number of hydrogen-bond acceptors (Lipinski definition) is 3. The first-order chi connectivity index (χ1) is 7.65. The zero-order chi connectivity index (χ0) is 12.0. The average Bonchev–Trinajstić information content (AvgIpc) is 2.20. The average molecular weight is 285 g/mol. The van der Waals surface area contributed by atoms with Crippen LogP contribution in [0, 0.1) is 0 Å². The summed E-state index contributed by atoms with van der Waals surface area (Å²) in [5.74, 6) is 0.436. The van der Waals surface area contributed by atoms with Crippen LogP contribution >= 0.6 is 34.8 Å². The first kappa shape index (κ1) is 13.9. The van der Waals surface area contributed by atoms with E-state index in [-0.39, 0.29) is 0 Å². The van der Waals surface area contributed by atoms with Gasteiger partial charge in [-0.3, -0.25) is 0 Å². The summed E-state index contributed by atoms with van der Waals surface area (Å²) >= 11 is 17.6. The summed E-state index contributed by atoms with van der Waals surface area (Å²) in [5, 5.41) is 1.28. The van der Waals surface area contributed by atoms with Crippen LogP contribution in [0.1, 0.15) is 6.92 Å². The topological polar surface area (TPSA) is 30.5 Å². The predicted molar refractivity (Wildman–Crippen MR) is 66.6 cm³/mol. The molecule has 0 fully saturated rings. The van der Waals surface area contributed by atoms with Crippen molar-refractivity contribution < 1.29 is 9.57 Å². The number of ether oxygens (including phenoxy) is 1. The molecule has 1 rings (SSSR count). The van der Waals surface area contributed by atoms with Crippen LogP contribution in [0.5, 0.6) is 5.75 Å². The van der Waals surface area contributed by atoms with Crippen LogP contribution in [0.2, 0.25) is 15.1 Å². The highest BCUT2D eigenvalue weighted by Crippen LogP contribution is 2.35. The second-order valence-corrected chi connectivity index (χ2v) is 4.13. The Kier molecular flexibility index (Phi) is 6.24. The first-order valence-corrected chi connectivity index (χ1v) is 5.90. The lowest BCUT2D eigenvalue weighted by atomic mass is 10.3. The zero-order valence-electron chi connectivity index (χ0n) is 8.73. The van der Waals surface area contributed by atoms with Gasteiger partial charge >= 0.3 is 0 Å². The zero-order valence-corrected chi connectivity index (χ0v) is 11.0. The molecule has 0 radical (unpaired) electrons. The number of rotatable bonds is 6.